The minimum atomic E-state index is 0.158. The fourth-order valence-electron chi connectivity index (χ4n) is 1.99. The Bertz CT molecular complexity index is 216. The Labute approximate surface area is 93.2 Å². The number of carbonyl (C=O) groups is 1. The Hall–Kier alpha value is -0.570. The first kappa shape index (κ1) is 12.5. The number of carbonyl (C=O) groups excluding carboxylic acids is 1. The zero-order valence-electron chi connectivity index (χ0n) is 10.4. The smallest absolute Gasteiger partial charge is 0.225 e. The maximum absolute atomic E-state index is 12.0. The molecule has 2 unspecified atom stereocenters. The summed E-state index contributed by atoms with van der Waals surface area (Å²) >= 11 is 0. The first-order chi connectivity index (χ1) is 7.06. The number of likely N-dealkylation sites (N-methyl/N-ethyl adjacent to an activating group) is 1. The largest absolute Gasteiger partial charge is 0.341 e. The van der Waals surface area contributed by atoms with Crippen molar-refractivity contribution in [2.45, 2.75) is 40.2 Å². The normalized spacial score (nSPS) is 23.5. The zero-order chi connectivity index (χ0) is 11.4. The molecule has 1 saturated heterocycles. The maximum Gasteiger partial charge on any atom is 0.225 e. The van der Waals surface area contributed by atoms with E-state index >= 15 is 0 Å². The molecule has 1 fully saturated rings. The van der Waals surface area contributed by atoms with Crippen molar-refractivity contribution in [2.75, 3.05) is 19.6 Å². The van der Waals surface area contributed by atoms with Gasteiger partial charge >= 0.3 is 0 Å². The third kappa shape index (κ3) is 3.20. The Kier molecular flexibility index (Phi) is 4.58. The molecule has 1 heterocycles. The predicted molar refractivity (Wildman–Crippen MR) is 62.7 cm³/mol. The topological polar surface area (TPSA) is 32.3 Å². The average Bonchev–Trinajstić information content (AvgIpc) is 2.64. The minimum absolute atomic E-state index is 0.158. The number of nitrogens with one attached hydrogen (secondary N) is 1. The molecule has 0 radical (unpaired) electrons. The molecule has 1 aliphatic heterocycles. The molecule has 1 amide bonds. The molecule has 3 heteroatoms. The van der Waals surface area contributed by atoms with Gasteiger partial charge in [-0.25, -0.2) is 0 Å². The second-order valence-corrected chi connectivity index (χ2v) is 4.86. The summed E-state index contributed by atoms with van der Waals surface area (Å²) in [5, 5.41) is 3.40. The molecule has 0 aromatic carbocycles. The lowest BCUT2D eigenvalue weighted by molar-refractivity contribution is -0.135. The van der Waals surface area contributed by atoms with Crippen molar-refractivity contribution in [3.8, 4) is 0 Å². The van der Waals surface area contributed by atoms with Gasteiger partial charge < -0.3 is 10.2 Å². The van der Waals surface area contributed by atoms with Crippen LogP contribution >= 0.6 is 0 Å². The lowest BCUT2D eigenvalue weighted by atomic mass is 9.97. The lowest BCUT2D eigenvalue weighted by Crippen LogP contribution is -2.38. The van der Waals surface area contributed by atoms with Crippen molar-refractivity contribution in [3.05, 3.63) is 0 Å². The molecule has 0 bridgehead atoms. The van der Waals surface area contributed by atoms with Crippen LogP contribution in [0.2, 0.25) is 0 Å². The van der Waals surface area contributed by atoms with Crippen LogP contribution in [-0.4, -0.2) is 36.5 Å². The molecule has 0 aliphatic carbocycles. The molecule has 88 valence electrons. The molecule has 0 aromatic rings. The van der Waals surface area contributed by atoms with Crippen LogP contribution in [0.5, 0.6) is 0 Å². The Morgan fingerprint density at radius 3 is 2.67 bits per heavy atom. The van der Waals surface area contributed by atoms with E-state index < -0.39 is 0 Å². The number of amides is 1. The van der Waals surface area contributed by atoms with Gasteiger partial charge in [0.2, 0.25) is 5.91 Å². The van der Waals surface area contributed by atoms with Crippen LogP contribution in [0.3, 0.4) is 0 Å². The molecule has 0 spiro atoms. The van der Waals surface area contributed by atoms with Crippen LogP contribution in [0.25, 0.3) is 0 Å². The highest BCUT2D eigenvalue weighted by atomic mass is 16.2. The van der Waals surface area contributed by atoms with Crippen molar-refractivity contribution in [1.29, 1.82) is 0 Å². The van der Waals surface area contributed by atoms with Crippen LogP contribution in [0.1, 0.15) is 34.1 Å². The quantitative estimate of drug-likeness (QED) is 0.765. The minimum Gasteiger partial charge on any atom is -0.341 e. The van der Waals surface area contributed by atoms with Gasteiger partial charge in [0, 0.05) is 25.0 Å². The number of hydrogen-bond acceptors (Lipinski definition) is 2. The summed E-state index contributed by atoms with van der Waals surface area (Å²) in [5.74, 6) is 0.923. The second-order valence-electron chi connectivity index (χ2n) is 4.86. The Morgan fingerprint density at radius 1 is 1.47 bits per heavy atom. The highest BCUT2D eigenvalue weighted by molar-refractivity contribution is 5.79. The summed E-state index contributed by atoms with van der Waals surface area (Å²) in [6.07, 6.45) is 1.10. The number of likely N-dealkylation sites (tertiary alicyclic amines) is 1. The van der Waals surface area contributed by atoms with E-state index in [2.05, 4.69) is 26.1 Å². The second kappa shape index (κ2) is 5.50. The maximum atomic E-state index is 12.0. The summed E-state index contributed by atoms with van der Waals surface area (Å²) in [6.45, 7) is 11.2. The van der Waals surface area contributed by atoms with E-state index in [4.69, 9.17) is 0 Å². The molecule has 2 atom stereocenters. The molecule has 0 saturated carbocycles. The monoisotopic (exact) mass is 212 g/mol. The van der Waals surface area contributed by atoms with E-state index in [-0.39, 0.29) is 5.92 Å². The third-order valence-electron chi connectivity index (χ3n) is 3.38. The van der Waals surface area contributed by atoms with E-state index in [9.17, 15) is 4.79 Å². The fourth-order valence-corrected chi connectivity index (χ4v) is 1.99. The van der Waals surface area contributed by atoms with E-state index in [1.54, 1.807) is 0 Å². The summed E-state index contributed by atoms with van der Waals surface area (Å²) in [7, 11) is 0. The van der Waals surface area contributed by atoms with Crippen molar-refractivity contribution < 1.29 is 4.79 Å². The van der Waals surface area contributed by atoms with E-state index in [0.29, 0.717) is 17.9 Å². The van der Waals surface area contributed by atoms with Gasteiger partial charge in [-0.15, -0.1) is 0 Å². The van der Waals surface area contributed by atoms with Crippen LogP contribution in [0.15, 0.2) is 0 Å². The van der Waals surface area contributed by atoms with E-state index in [1.807, 2.05) is 11.8 Å². The van der Waals surface area contributed by atoms with Gasteiger partial charge in [-0.3, -0.25) is 4.79 Å². The highest BCUT2D eigenvalue weighted by Gasteiger charge is 2.29. The first-order valence-electron chi connectivity index (χ1n) is 6.08. The average molecular weight is 212 g/mol. The van der Waals surface area contributed by atoms with Crippen molar-refractivity contribution in [1.82, 2.24) is 10.2 Å². The standard InChI is InChI=1S/C12H24N2O/c1-5-13-11-6-7-14(8-11)12(15)10(4)9(2)3/h9-11,13H,5-8H2,1-4H3. The van der Waals surface area contributed by atoms with Crippen LogP contribution < -0.4 is 5.32 Å². The van der Waals surface area contributed by atoms with Gasteiger partial charge in [-0.05, 0) is 18.9 Å². The molecular formula is C12H24N2O. The fraction of sp³-hybridized carbons (Fsp3) is 0.917. The summed E-state index contributed by atoms with van der Waals surface area (Å²) in [5.41, 5.74) is 0. The molecule has 0 aromatic heterocycles. The van der Waals surface area contributed by atoms with Gasteiger partial charge in [0.25, 0.3) is 0 Å². The van der Waals surface area contributed by atoms with E-state index in [0.717, 1.165) is 26.1 Å². The van der Waals surface area contributed by atoms with Crippen LogP contribution in [0.4, 0.5) is 0 Å². The van der Waals surface area contributed by atoms with Gasteiger partial charge in [0.05, 0.1) is 0 Å². The predicted octanol–water partition coefficient (Wildman–Crippen LogP) is 1.49. The lowest BCUT2D eigenvalue weighted by Gasteiger charge is -2.23. The molecule has 1 aliphatic rings. The summed E-state index contributed by atoms with van der Waals surface area (Å²) in [4.78, 5) is 14.0. The van der Waals surface area contributed by atoms with Gasteiger partial charge in [-0.2, -0.15) is 0 Å². The molecule has 15 heavy (non-hydrogen) atoms. The number of rotatable bonds is 4. The van der Waals surface area contributed by atoms with Gasteiger partial charge in [0.15, 0.2) is 0 Å². The number of hydrogen-bond donors (Lipinski definition) is 1. The van der Waals surface area contributed by atoms with Gasteiger partial charge in [0.1, 0.15) is 0 Å². The molecule has 1 rings (SSSR count). The molecule has 3 nitrogen and oxygen atoms in total. The van der Waals surface area contributed by atoms with Gasteiger partial charge in [-0.1, -0.05) is 27.7 Å². The highest BCUT2D eigenvalue weighted by Crippen LogP contribution is 2.17. The zero-order valence-corrected chi connectivity index (χ0v) is 10.4. The summed E-state index contributed by atoms with van der Waals surface area (Å²) in [6, 6.07) is 0.512. The Morgan fingerprint density at radius 2 is 2.13 bits per heavy atom. The first-order valence-corrected chi connectivity index (χ1v) is 6.08. The third-order valence-corrected chi connectivity index (χ3v) is 3.38. The SMILES string of the molecule is CCNC1CCN(C(=O)C(C)C(C)C)C1. The Balaban J connectivity index is 2.43. The van der Waals surface area contributed by atoms with Crippen molar-refractivity contribution in [3.63, 3.8) is 0 Å². The van der Waals surface area contributed by atoms with E-state index in [1.165, 1.54) is 0 Å². The van der Waals surface area contributed by atoms with Crippen molar-refractivity contribution >= 4 is 5.91 Å². The van der Waals surface area contributed by atoms with Crippen molar-refractivity contribution in [2.24, 2.45) is 11.8 Å². The molecule has 1 N–H and O–H groups in total. The molecular weight excluding hydrogens is 188 g/mol. The van der Waals surface area contributed by atoms with Crippen LogP contribution in [0, 0.1) is 11.8 Å². The number of nitrogens with zero attached hydrogens (tertiary/aromatic N) is 1. The summed E-state index contributed by atoms with van der Waals surface area (Å²) < 4.78 is 0. The van der Waals surface area contributed by atoms with Crippen LogP contribution in [-0.2, 0) is 4.79 Å².